The molecule has 0 unspecified atom stereocenters. The summed E-state index contributed by atoms with van der Waals surface area (Å²) in [4.78, 5) is 38.4. The fourth-order valence-corrected chi connectivity index (χ4v) is 4.61. The second kappa shape index (κ2) is 10.2. The topological polar surface area (TPSA) is 121 Å². The van der Waals surface area contributed by atoms with Crippen LogP contribution in [-0.2, 0) is 0 Å². The molecule has 5 aromatic rings. The lowest BCUT2D eigenvalue weighted by atomic mass is 10.0. The second-order valence-corrected chi connectivity index (χ2v) is 9.07. The number of hydrogen-bond acceptors (Lipinski definition) is 7. The lowest BCUT2D eigenvalue weighted by molar-refractivity contribution is 0.103. The van der Waals surface area contributed by atoms with E-state index in [1.54, 1.807) is 60.7 Å². The molecule has 5 rings (SSSR count). The molecular weight excluding hydrogens is 494 g/mol. The van der Waals surface area contributed by atoms with Crippen molar-refractivity contribution in [2.24, 2.45) is 10.3 Å². The first kappa shape index (κ1) is 25.3. The highest BCUT2D eigenvalue weighted by molar-refractivity contribution is 6.46. The van der Waals surface area contributed by atoms with Gasteiger partial charge in [-0.2, -0.15) is 0 Å². The number of rotatable bonds is 7. The molecule has 39 heavy (non-hydrogen) atoms. The first-order valence-corrected chi connectivity index (χ1v) is 12.1. The van der Waals surface area contributed by atoms with E-state index >= 15 is 0 Å². The van der Waals surface area contributed by atoms with Gasteiger partial charge in [-0.1, -0.05) is 40.6 Å². The molecule has 0 saturated heterocycles. The van der Waals surface area contributed by atoms with Crippen molar-refractivity contribution in [3.8, 4) is 5.69 Å². The molecule has 192 valence electrons. The Labute approximate surface area is 223 Å². The van der Waals surface area contributed by atoms with Crippen LogP contribution >= 0.6 is 0 Å². The minimum atomic E-state index is -0.431. The zero-order valence-corrected chi connectivity index (χ0v) is 21.1. The normalized spacial score (nSPS) is 12.2. The zero-order chi connectivity index (χ0) is 27.7. The van der Waals surface area contributed by atoms with Gasteiger partial charge >= 0.3 is 0 Å². The number of nitrogens with zero attached hydrogens (tertiary/aromatic N) is 3. The van der Waals surface area contributed by atoms with Gasteiger partial charge in [-0.15, -0.1) is 0 Å². The van der Waals surface area contributed by atoms with Gasteiger partial charge in [-0.05, 0) is 74.5 Å². The van der Waals surface area contributed by atoms with E-state index in [1.165, 1.54) is 13.8 Å². The van der Waals surface area contributed by atoms with Crippen LogP contribution in [-0.4, -0.2) is 43.8 Å². The molecule has 0 aliphatic rings. The van der Waals surface area contributed by atoms with E-state index in [2.05, 4.69) is 10.3 Å². The molecule has 0 saturated carbocycles. The van der Waals surface area contributed by atoms with E-state index in [4.69, 9.17) is 10.4 Å². The predicted octanol–water partition coefficient (Wildman–Crippen LogP) is 6.08. The van der Waals surface area contributed by atoms with Crippen LogP contribution in [0, 0.1) is 0 Å². The average Bonchev–Trinajstić information content (AvgIpc) is 3.32. The maximum Gasteiger partial charge on any atom is 0.210 e. The van der Waals surface area contributed by atoms with Crippen molar-refractivity contribution >= 4 is 50.6 Å². The quantitative estimate of drug-likeness (QED) is 0.117. The van der Waals surface area contributed by atoms with Crippen LogP contribution in [0.4, 0.5) is 0 Å². The van der Waals surface area contributed by atoms with Crippen LogP contribution in [0.25, 0.3) is 27.5 Å². The molecule has 8 nitrogen and oxygen atoms in total. The standard InChI is InChI=1S/C31H23N3O5/c1-18(32-38)29(35)22-10-14-27-25(16-22)26-17-23(30(36)19(2)33-39)11-15-28(26)34(27)24-12-8-21(9-13-24)31(37)20-6-4-3-5-7-20/h3-17,38-39H,1-2H3/b32-18-,33-19?. The summed E-state index contributed by atoms with van der Waals surface area (Å²) in [5, 5.41) is 25.6. The van der Waals surface area contributed by atoms with Crippen molar-refractivity contribution in [3.63, 3.8) is 0 Å². The lowest BCUT2D eigenvalue weighted by Crippen LogP contribution is -2.10. The fourth-order valence-electron chi connectivity index (χ4n) is 4.61. The van der Waals surface area contributed by atoms with Gasteiger partial charge in [0.2, 0.25) is 11.6 Å². The van der Waals surface area contributed by atoms with Crippen LogP contribution in [0.1, 0.15) is 50.5 Å². The summed E-state index contributed by atoms with van der Waals surface area (Å²) in [7, 11) is 0. The van der Waals surface area contributed by atoms with Crippen LogP contribution in [0.5, 0.6) is 0 Å². The van der Waals surface area contributed by atoms with Crippen LogP contribution in [0.15, 0.2) is 101 Å². The van der Waals surface area contributed by atoms with E-state index < -0.39 is 11.6 Å². The third kappa shape index (κ3) is 4.48. The Morgan fingerprint density at radius 2 is 1.03 bits per heavy atom. The van der Waals surface area contributed by atoms with Crippen molar-refractivity contribution < 1.29 is 24.8 Å². The molecule has 0 aliphatic heterocycles. The maximum absolute atomic E-state index is 12.9. The predicted molar refractivity (Wildman–Crippen MR) is 149 cm³/mol. The number of aromatic nitrogens is 1. The van der Waals surface area contributed by atoms with E-state index in [-0.39, 0.29) is 17.2 Å². The Hall–Kier alpha value is -5.37. The number of ketones is 3. The summed E-state index contributed by atoms with van der Waals surface area (Å²) >= 11 is 0. The number of carbonyl (C=O) groups excluding carboxylic acids is 3. The van der Waals surface area contributed by atoms with Crippen molar-refractivity contribution in [3.05, 3.63) is 113 Å². The van der Waals surface area contributed by atoms with Gasteiger partial charge in [0.1, 0.15) is 11.4 Å². The first-order chi connectivity index (χ1) is 18.8. The molecule has 0 aliphatic carbocycles. The highest BCUT2D eigenvalue weighted by Crippen LogP contribution is 2.34. The number of oxime groups is 2. The Morgan fingerprint density at radius 1 is 0.590 bits per heavy atom. The molecule has 8 heteroatoms. The minimum absolute atomic E-state index is 0.0533. The van der Waals surface area contributed by atoms with Crippen LogP contribution in [0.3, 0.4) is 0 Å². The maximum atomic E-state index is 12.9. The summed E-state index contributed by atoms with van der Waals surface area (Å²) in [6, 6.07) is 26.5. The van der Waals surface area contributed by atoms with Crippen LogP contribution < -0.4 is 0 Å². The van der Waals surface area contributed by atoms with Crippen molar-refractivity contribution in [1.29, 1.82) is 0 Å². The summed E-state index contributed by atoms with van der Waals surface area (Å²) in [5.41, 5.74) is 3.99. The molecule has 0 atom stereocenters. The Kier molecular flexibility index (Phi) is 6.60. The molecule has 0 radical (unpaired) electrons. The van der Waals surface area contributed by atoms with Crippen molar-refractivity contribution in [2.75, 3.05) is 0 Å². The molecular formula is C31H23N3O5. The van der Waals surface area contributed by atoms with Gasteiger partial charge < -0.3 is 15.0 Å². The number of Topliss-reactive ketones (excluding diaryl/α,β-unsaturated/α-hetero) is 2. The van der Waals surface area contributed by atoms with E-state index in [0.717, 1.165) is 16.7 Å². The van der Waals surface area contributed by atoms with Gasteiger partial charge in [-0.25, -0.2) is 0 Å². The van der Waals surface area contributed by atoms with Crippen molar-refractivity contribution in [2.45, 2.75) is 13.8 Å². The SMILES string of the molecule is CC(=NO)C(=O)c1ccc2c(c1)c1cc(C(=O)/C(C)=N\O)ccc1n2-c1ccc(C(=O)c2ccccc2)cc1. The summed E-state index contributed by atoms with van der Waals surface area (Å²) in [6.07, 6.45) is 0. The van der Waals surface area contributed by atoms with Gasteiger partial charge in [0.25, 0.3) is 0 Å². The molecule has 1 aromatic heterocycles. The molecule has 0 amide bonds. The van der Waals surface area contributed by atoms with Gasteiger partial charge in [-0.3, -0.25) is 14.4 Å². The van der Waals surface area contributed by atoms with Crippen molar-refractivity contribution in [1.82, 2.24) is 4.57 Å². The molecule has 0 bridgehead atoms. The number of fused-ring (bicyclic) bond motifs is 3. The summed E-state index contributed by atoms with van der Waals surface area (Å²) < 4.78 is 1.98. The molecule has 0 spiro atoms. The number of benzene rings is 4. The Morgan fingerprint density at radius 3 is 1.49 bits per heavy atom. The van der Waals surface area contributed by atoms with E-state index in [9.17, 15) is 14.4 Å². The third-order valence-corrected chi connectivity index (χ3v) is 6.67. The van der Waals surface area contributed by atoms with E-state index in [0.29, 0.717) is 33.0 Å². The van der Waals surface area contributed by atoms with Crippen LogP contribution in [0.2, 0.25) is 0 Å². The number of hydrogen-bond donors (Lipinski definition) is 2. The summed E-state index contributed by atoms with van der Waals surface area (Å²) in [5.74, 6) is -0.948. The second-order valence-electron chi connectivity index (χ2n) is 9.07. The van der Waals surface area contributed by atoms with Gasteiger partial charge in [0, 0.05) is 38.7 Å². The molecule has 0 fully saturated rings. The third-order valence-electron chi connectivity index (χ3n) is 6.67. The lowest BCUT2D eigenvalue weighted by Gasteiger charge is -2.10. The van der Waals surface area contributed by atoms with Gasteiger partial charge in [0.15, 0.2) is 5.78 Å². The highest BCUT2D eigenvalue weighted by Gasteiger charge is 2.19. The molecule has 1 heterocycles. The smallest absolute Gasteiger partial charge is 0.210 e. The molecule has 2 N–H and O–H groups in total. The zero-order valence-electron chi connectivity index (χ0n) is 21.1. The Bertz CT molecular complexity index is 1740. The largest absolute Gasteiger partial charge is 0.411 e. The fraction of sp³-hybridized carbons (Fsp3) is 0.0645. The highest BCUT2D eigenvalue weighted by atomic mass is 16.4. The van der Waals surface area contributed by atoms with Gasteiger partial charge in [0.05, 0.1) is 11.0 Å². The first-order valence-electron chi connectivity index (χ1n) is 12.1. The Balaban J connectivity index is 1.70. The average molecular weight is 518 g/mol. The number of carbonyl (C=O) groups is 3. The summed E-state index contributed by atoms with van der Waals surface area (Å²) in [6.45, 7) is 2.84. The monoisotopic (exact) mass is 517 g/mol. The minimum Gasteiger partial charge on any atom is -0.411 e. The van der Waals surface area contributed by atoms with E-state index in [1.807, 2.05) is 34.9 Å². The molecule has 4 aromatic carbocycles.